The predicted molar refractivity (Wildman–Crippen MR) is 132 cm³/mol. The highest BCUT2D eigenvalue weighted by molar-refractivity contribution is 7.07. The minimum absolute atomic E-state index is 0.0533. The van der Waals surface area contributed by atoms with Gasteiger partial charge >= 0.3 is 11.9 Å². The number of ether oxygens (including phenoxy) is 2. The number of hydrogen-bond acceptors (Lipinski definition) is 8. The highest BCUT2D eigenvalue weighted by Crippen LogP contribution is 2.31. The number of aromatic nitrogens is 1. The number of esters is 2. The molecule has 8 nitrogen and oxygen atoms in total. The molecule has 10 heteroatoms. The van der Waals surface area contributed by atoms with Crippen molar-refractivity contribution in [2.75, 3.05) is 7.11 Å². The summed E-state index contributed by atoms with van der Waals surface area (Å²) in [5.41, 5.74) is 0.970. The van der Waals surface area contributed by atoms with Crippen LogP contribution in [0.2, 0.25) is 0 Å². The molecule has 0 radical (unpaired) electrons. The van der Waals surface area contributed by atoms with Gasteiger partial charge in [-0.3, -0.25) is 9.36 Å². The molecule has 0 saturated carbocycles. The van der Waals surface area contributed by atoms with Gasteiger partial charge in [0.2, 0.25) is 5.76 Å². The number of carbonyl (C=O) groups is 2. The van der Waals surface area contributed by atoms with Crippen LogP contribution in [-0.4, -0.2) is 23.6 Å². The summed E-state index contributed by atoms with van der Waals surface area (Å²) >= 11 is 1.09. The summed E-state index contributed by atoms with van der Waals surface area (Å²) in [7, 11) is 1.25. The number of halogens is 1. The standard InChI is InChI=1S/C27H19FN2O6S/c1-15-22(26(33)34-2)23(16-9-11-18(12-10-16)36-25(32)20-8-5-13-35-20)30-24(31)21(37-27(30)29-15)14-17-6-3-4-7-19(17)28/h3-14,23H,1-2H3/b21-14+/t23-/m0/s1. The van der Waals surface area contributed by atoms with E-state index in [0.717, 1.165) is 11.3 Å². The molecule has 1 aliphatic heterocycles. The van der Waals surface area contributed by atoms with Crippen molar-refractivity contribution in [3.8, 4) is 5.75 Å². The molecule has 2 aromatic carbocycles. The molecule has 37 heavy (non-hydrogen) atoms. The number of fused-ring (bicyclic) bond motifs is 1. The Morgan fingerprint density at radius 3 is 2.51 bits per heavy atom. The van der Waals surface area contributed by atoms with E-state index in [1.165, 1.54) is 36.1 Å². The Morgan fingerprint density at radius 2 is 1.84 bits per heavy atom. The summed E-state index contributed by atoms with van der Waals surface area (Å²) in [4.78, 5) is 43.3. The van der Waals surface area contributed by atoms with Gasteiger partial charge in [0.05, 0.1) is 35.2 Å². The summed E-state index contributed by atoms with van der Waals surface area (Å²) in [5, 5.41) is 0. The Hall–Kier alpha value is -4.57. The normalized spacial score (nSPS) is 15.2. The van der Waals surface area contributed by atoms with E-state index >= 15 is 0 Å². The van der Waals surface area contributed by atoms with E-state index in [1.54, 1.807) is 55.5 Å². The lowest BCUT2D eigenvalue weighted by Gasteiger charge is -2.24. The largest absolute Gasteiger partial charge is 0.466 e. The van der Waals surface area contributed by atoms with Crippen LogP contribution in [0.4, 0.5) is 4.39 Å². The molecule has 3 heterocycles. The zero-order valence-corrected chi connectivity index (χ0v) is 20.5. The average molecular weight is 519 g/mol. The van der Waals surface area contributed by atoms with Crippen LogP contribution in [0.1, 0.15) is 34.6 Å². The van der Waals surface area contributed by atoms with Crippen LogP contribution in [-0.2, 0) is 9.53 Å². The van der Waals surface area contributed by atoms with Crippen molar-refractivity contribution in [3.63, 3.8) is 0 Å². The van der Waals surface area contributed by atoms with Crippen molar-refractivity contribution >= 4 is 29.4 Å². The molecule has 5 rings (SSSR count). The molecule has 1 atom stereocenters. The molecule has 2 aromatic heterocycles. The third-order valence-corrected chi connectivity index (χ3v) is 6.73. The topological polar surface area (TPSA) is 100 Å². The Labute approximate surface area is 213 Å². The van der Waals surface area contributed by atoms with E-state index in [0.29, 0.717) is 16.1 Å². The van der Waals surface area contributed by atoms with Crippen LogP contribution < -0.4 is 19.6 Å². The van der Waals surface area contributed by atoms with Gasteiger partial charge in [-0.15, -0.1) is 0 Å². The smallest absolute Gasteiger partial charge is 0.379 e. The molecule has 0 bridgehead atoms. The first-order valence-electron chi connectivity index (χ1n) is 11.1. The van der Waals surface area contributed by atoms with Crippen molar-refractivity contribution in [2.45, 2.75) is 13.0 Å². The van der Waals surface area contributed by atoms with Crippen LogP contribution >= 0.6 is 11.3 Å². The number of benzene rings is 2. The fourth-order valence-electron chi connectivity index (χ4n) is 4.01. The van der Waals surface area contributed by atoms with Crippen LogP contribution in [0.5, 0.6) is 5.75 Å². The van der Waals surface area contributed by atoms with Crippen LogP contribution in [0, 0.1) is 5.82 Å². The van der Waals surface area contributed by atoms with Gasteiger partial charge in [0.15, 0.2) is 4.80 Å². The van der Waals surface area contributed by atoms with Crippen LogP contribution in [0.3, 0.4) is 0 Å². The zero-order valence-electron chi connectivity index (χ0n) is 19.6. The third-order valence-electron chi connectivity index (χ3n) is 5.75. The number of carbonyl (C=O) groups excluding carboxylic acids is 2. The second-order valence-corrected chi connectivity index (χ2v) is 9.04. The van der Waals surface area contributed by atoms with Crippen molar-refractivity contribution in [3.05, 3.63) is 121 Å². The molecule has 0 N–H and O–H groups in total. The molecular formula is C27H19FN2O6S. The van der Waals surface area contributed by atoms with Crippen molar-refractivity contribution in [1.82, 2.24) is 4.57 Å². The fourth-order valence-corrected chi connectivity index (χ4v) is 5.05. The maximum absolute atomic E-state index is 14.3. The van der Waals surface area contributed by atoms with Crippen LogP contribution in [0.15, 0.2) is 92.4 Å². The zero-order chi connectivity index (χ0) is 26.1. The van der Waals surface area contributed by atoms with Gasteiger partial charge in [0.1, 0.15) is 11.6 Å². The first kappa shape index (κ1) is 24.1. The highest BCUT2D eigenvalue weighted by Gasteiger charge is 2.33. The van der Waals surface area contributed by atoms with Gasteiger partial charge in [-0.05, 0) is 48.9 Å². The van der Waals surface area contributed by atoms with Gasteiger partial charge < -0.3 is 13.9 Å². The molecule has 0 fully saturated rings. The second kappa shape index (κ2) is 9.82. The molecule has 0 aliphatic carbocycles. The van der Waals surface area contributed by atoms with E-state index in [-0.39, 0.29) is 27.2 Å². The Kier molecular flexibility index (Phi) is 6.41. The van der Waals surface area contributed by atoms with Gasteiger partial charge in [-0.1, -0.05) is 41.7 Å². The number of furan rings is 1. The second-order valence-electron chi connectivity index (χ2n) is 8.03. The van der Waals surface area contributed by atoms with Crippen molar-refractivity contribution in [2.24, 2.45) is 4.99 Å². The Balaban J connectivity index is 1.60. The van der Waals surface area contributed by atoms with Gasteiger partial charge in [-0.25, -0.2) is 19.0 Å². The first-order chi connectivity index (χ1) is 17.9. The highest BCUT2D eigenvalue weighted by atomic mass is 32.1. The Bertz CT molecular complexity index is 1720. The van der Waals surface area contributed by atoms with E-state index in [2.05, 4.69) is 4.99 Å². The predicted octanol–water partition coefficient (Wildman–Crippen LogP) is 3.36. The maximum atomic E-state index is 14.3. The summed E-state index contributed by atoms with van der Waals surface area (Å²) in [6.45, 7) is 1.66. The van der Waals surface area contributed by atoms with Crippen molar-refractivity contribution in [1.29, 1.82) is 0 Å². The number of methoxy groups -OCH3 is 1. The van der Waals surface area contributed by atoms with Gasteiger partial charge in [0, 0.05) is 5.56 Å². The molecule has 4 aromatic rings. The van der Waals surface area contributed by atoms with E-state index in [4.69, 9.17) is 13.9 Å². The number of allylic oxidation sites excluding steroid dienone is 1. The molecular weight excluding hydrogens is 499 g/mol. The summed E-state index contributed by atoms with van der Waals surface area (Å²) in [6, 6.07) is 14.7. The lowest BCUT2D eigenvalue weighted by Crippen LogP contribution is -2.39. The summed E-state index contributed by atoms with van der Waals surface area (Å²) in [6.07, 6.45) is 2.83. The van der Waals surface area contributed by atoms with Crippen molar-refractivity contribution < 1.29 is 27.9 Å². The number of rotatable bonds is 5. The molecule has 1 aliphatic rings. The van der Waals surface area contributed by atoms with E-state index in [9.17, 15) is 18.8 Å². The lowest BCUT2D eigenvalue weighted by atomic mass is 9.96. The summed E-state index contributed by atoms with van der Waals surface area (Å²) in [5.74, 6) is -1.46. The van der Waals surface area contributed by atoms with Gasteiger partial charge in [0.25, 0.3) is 5.56 Å². The van der Waals surface area contributed by atoms with Crippen LogP contribution in [0.25, 0.3) is 6.08 Å². The SMILES string of the molecule is COC(=O)C1=C(C)N=c2s/c(=C/c3ccccc3F)c(=O)n2[C@H]1c1ccc(OC(=O)c2ccco2)cc1. The minimum atomic E-state index is -0.860. The fraction of sp³-hybridized carbons (Fsp3) is 0.111. The molecule has 0 amide bonds. The first-order valence-corrected chi connectivity index (χ1v) is 11.9. The maximum Gasteiger partial charge on any atom is 0.379 e. The van der Waals surface area contributed by atoms with E-state index < -0.39 is 29.4 Å². The molecule has 0 saturated heterocycles. The number of nitrogens with zero attached hydrogens (tertiary/aromatic N) is 2. The number of hydrogen-bond donors (Lipinski definition) is 0. The third kappa shape index (κ3) is 4.54. The number of thiazole rings is 1. The molecule has 0 spiro atoms. The quantitative estimate of drug-likeness (QED) is 0.297. The summed E-state index contributed by atoms with van der Waals surface area (Å²) < 4.78 is 31.3. The Morgan fingerprint density at radius 1 is 1.08 bits per heavy atom. The molecule has 0 unspecified atom stereocenters. The monoisotopic (exact) mass is 518 g/mol. The van der Waals surface area contributed by atoms with E-state index in [1.807, 2.05) is 0 Å². The molecule has 186 valence electrons. The van der Waals surface area contributed by atoms with Gasteiger partial charge in [-0.2, -0.15) is 0 Å². The lowest BCUT2D eigenvalue weighted by molar-refractivity contribution is -0.136. The average Bonchev–Trinajstić information content (AvgIpc) is 3.54. The minimum Gasteiger partial charge on any atom is -0.466 e.